The number of hydrogen-bond donors (Lipinski definition) is 0. The average Bonchev–Trinajstić information content (AvgIpc) is 3.36. The van der Waals surface area contributed by atoms with Crippen LogP contribution in [-0.4, -0.2) is 49.2 Å². The monoisotopic (exact) mass is 409 g/mol. The number of aromatic nitrogens is 4. The van der Waals surface area contributed by atoms with Crippen molar-refractivity contribution in [3.63, 3.8) is 0 Å². The largest absolute Gasteiger partial charge is 0.341 e. The van der Waals surface area contributed by atoms with E-state index in [0.717, 1.165) is 47.3 Å². The van der Waals surface area contributed by atoms with Crippen LogP contribution in [0.25, 0.3) is 15.9 Å². The number of hydrogen-bond acceptors (Lipinski definition) is 6. The molecule has 0 radical (unpaired) electrons. The summed E-state index contributed by atoms with van der Waals surface area (Å²) in [7, 11) is 0. The highest BCUT2D eigenvalue weighted by Crippen LogP contribution is 2.33. The Labute approximate surface area is 170 Å². The van der Waals surface area contributed by atoms with E-state index in [1.165, 1.54) is 16.5 Å². The van der Waals surface area contributed by atoms with E-state index in [-0.39, 0.29) is 5.91 Å². The van der Waals surface area contributed by atoms with Crippen LogP contribution >= 0.6 is 23.1 Å². The Morgan fingerprint density at radius 1 is 1.18 bits per heavy atom. The fourth-order valence-electron chi connectivity index (χ4n) is 3.61. The predicted molar refractivity (Wildman–Crippen MR) is 112 cm³/mol. The minimum atomic E-state index is 0.156. The first-order valence-electron chi connectivity index (χ1n) is 9.34. The van der Waals surface area contributed by atoms with Crippen LogP contribution in [0.1, 0.15) is 23.8 Å². The molecule has 3 aromatic heterocycles. The van der Waals surface area contributed by atoms with E-state index < -0.39 is 0 Å². The Morgan fingerprint density at radius 2 is 2.07 bits per heavy atom. The number of thioether (sulfide) groups is 1. The van der Waals surface area contributed by atoms with E-state index in [4.69, 9.17) is 4.98 Å². The Morgan fingerprint density at radius 3 is 3.00 bits per heavy atom. The van der Waals surface area contributed by atoms with Gasteiger partial charge in [0, 0.05) is 25.2 Å². The second-order valence-corrected chi connectivity index (χ2v) is 8.90. The quantitative estimate of drug-likeness (QED) is 0.479. The number of carbonyl (C=O) groups excluding carboxylic acids is 1. The van der Waals surface area contributed by atoms with Crippen LogP contribution < -0.4 is 0 Å². The lowest BCUT2D eigenvalue weighted by molar-refractivity contribution is -0.129. The number of thiazole rings is 1. The second-order valence-electron chi connectivity index (χ2n) is 6.90. The van der Waals surface area contributed by atoms with Gasteiger partial charge in [-0.15, -0.1) is 21.5 Å². The van der Waals surface area contributed by atoms with Crippen molar-refractivity contribution in [3.05, 3.63) is 53.7 Å². The molecule has 1 aliphatic heterocycles. The molecule has 0 spiro atoms. The highest BCUT2D eigenvalue weighted by atomic mass is 32.2. The number of carbonyl (C=O) groups is 1. The predicted octanol–water partition coefficient (Wildman–Crippen LogP) is 3.84. The molecule has 1 atom stereocenters. The molecular formula is C20H19N5OS2. The molecule has 28 heavy (non-hydrogen) atoms. The van der Waals surface area contributed by atoms with E-state index >= 15 is 0 Å². The van der Waals surface area contributed by atoms with Crippen molar-refractivity contribution in [3.8, 4) is 0 Å². The molecule has 0 saturated carbocycles. The lowest BCUT2D eigenvalue weighted by Crippen LogP contribution is -2.40. The first kappa shape index (κ1) is 17.6. The topological polar surface area (TPSA) is 63.4 Å². The third kappa shape index (κ3) is 3.38. The van der Waals surface area contributed by atoms with Gasteiger partial charge < -0.3 is 4.90 Å². The van der Waals surface area contributed by atoms with Crippen LogP contribution in [-0.2, 0) is 4.79 Å². The number of fused-ring (bicyclic) bond motifs is 2. The van der Waals surface area contributed by atoms with Crippen LogP contribution in [0, 0.1) is 0 Å². The smallest absolute Gasteiger partial charge is 0.233 e. The van der Waals surface area contributed by atoms with Crippen LogP contribution in [0.4, 0.5) is 0 Å². The van der Waals surface area contributed by atoms with E-state index in [1.807, 2.05) is 45.8 Å². The maximum Gasteiger partial charge on any atom is 0.233 e. The van der Waals surface area contributed by atoms with E-state index in [1.54, 1.807) is 11.3 Å². The molecular weight excluding hydrogens is 390 g/mol. The van der Waals surface area contributed by atoms with Gasteiger partial charge in [0.15, 0.2) is 10.8 Å². The average molecular weight is 410 g/mol. The summed E-state index contributed by atoms with van der Waals surface area (Å²) in [4.78, 5) is 19.6. The molecule has 1 fully saturated rings. The molecule has 0 unspecified atom stereocenters. The van der Waals surface area contributed by atoms with E-state index in [0.29, 0.717) is 11.7 Å². The van der Waals surface area contributed by atoms with Crippen LogP contribution in [0.3, 0.4) is 0 Å². The van der Waals surface area contributed by atoms with E-state index in [2.05, 4.69) is 22.3 Å². The fraction of sp³-hybridized carbons (Fsp3) is 0.300. The molecule has 4 aromatic rings. The van der Waals surface area contributed by atoms with Gasteiger partial charge in [-0.25, -0.2) is 4.98 Å². The van der Waals surface area contributed by atoms with Crippen molar-refractivity contribution in [1.29, 1.82) is 0 Å². The molecule has 0 N–H and O–H groups in total. The van der Waals surface area contributed by atoms with Gasteiger partial charge in [0.25, 0.3) is 0 Å². The highest BCUT2D eigenvalue weighted by molar-refractivity contribution is 7.99. The van der Waals surface area contributed by atoms with Crippen molar-refractivity contribution in [1.82, 2.24) is 24.5 Å². The van der Waals surface area contributed by atoms with Crippen molar-refractivity contribution < 1.29 is 4.79 Å². The highest BCUT2D eigenvalue weighted by Gasteiger charge is 2.27. The summed E-state index contributed by atoms with van der Waals surface area (Å²) in [6.45, 7) is 1.57. The van der Waals surface area contributed by atoms with Gasteiger partial charge in [-0.2, -0.15) is 0 Å². The molecule has 4 heterocycles. The van der Waals surface area contributed by atoms with Crippen molar-refractivity contribution >= 4 is 44.9 Å². The van der Waals surface area contributed by atoms with Gasteiger partial charge >= 0.3 is 0 Å². The maximum absolute atomic E-state index is 12.8. The number of amides is 1. The SMILES string of the molecule is O=C(CSc1nnc2ccccn12)N1CCC[C@@H](c2nc3ccccc3s2)C1. The molecule has 1 aromatic carbocycles. The molecule has 6 nitrogen and oxygen atoms in total. The molecule has 1 saturated heterocycles. The summed E-state index contributed by atoms with van der Waals surface area (Å²) in [5, 5.41) is 10.2. The number of benzene rings is 1. The van der Waals surface area contributed by atoms with Gasteiger partial charge in [0.05, 0.1) is 21.0 Å². The molecule has 0 aliphatic carbocycles. The van der Waals surface area contributed by atoms with Gasteiger partial charge in [-0.1, -0.05) is 30.0 Å². The molecule has 1 aliphatic rings. The summed E-state index contributed by atoms with van der Waals surface area (Å²) in [6.07, 6.45) is 4.03. The zero-order valence-corrected chi connectivity index (χ0v) is 16.8. The summed E-state index contributed by atoms with van der Waals surface area (Å²) < 4.78 is 3.13. The fourth-order valence-corrected chi connectivity index (χ4v) is 5.53. The number of likely N-dealkylation sites (tertiary alicyclic amines) is 1. The summed E-state index contributed by atoms with van der Waals surface area (Å²) in [6, 6.07) is 14.0. The number of nitrogens with zero attached hydrogens (tertiary/aromatic N) is 5. The Hall–Kier alpha value is -2.45. The minimum absolute atomic E-state index is 0.156. The van der Waals surface area contributed by atoms with Crippen LogP contribution in [0.2, 0.25) is 0 Å². The molecule has 5 rings (SSSR count). The van der Waals surface area contributed by atoms with Crippen molar-refractivity contribution in [2.75, 3.05) is 18.8 Å². The van der Waals surface area contributed by atoms with Gasteiger partial charge in [-0.3, -0.25) is 9.20 Å². The summed E-state index contributed by atoms with van der Waals surface area (Å²) in [5.41, 5.74) is 1.85. The van der Waals surface area contributed by atoms with Gasteiger partial charge in [0.2, 0.25) is 5.91 Å². The second kappa shape index (κ2) is 7.52. The number of rotatable bonds is 4. The maximum atomic E-state index is 12.8. The number of para-hydroxylation sites is 1. The first-order valence-corrected chi connectivity index (χ1v) is 11.1. The van der Waals surface area contributed by atoms with Crippen LogP contribution in [0.5, 0.6) is 0 Å². The Balaban J connectivity index is 1.26. The van der Waals surface area contributed by atoms with Gasteiger partial charge in [-0.05, 0) is 37.1 Å². The van der Waals surface area contributed by atoms with Crippen molar-refractivity contribution in [2.24, 2.45) is 0 Å². The Bertz CT molecular complexity index is 1100. The van der Waals surface area contributed by atoms with Gasteiger partial charge in [0.1, 0.15) is 0 Å². The third-order valence-corrected chi connectivity index (χ3v) is 7.17. The lowest BCUT2D eigenvalue weighted by Gasteiger charge is -2.31. The van der Waals surface area contributed by atoms with E-state index in [9.17, 15) is 4.79 Å². The van der Waals surface area contributed by atoms with Crippen molar-refractivity contribution in [2.45, 2.75) is 23.9 Å². The summed E-state index contributed by atoms with van der Waals surface area (Å²) in [5.74, 6) is 0.861. The first-order chi connectivity index (χ1) is 13.8. The molecule has 1 amide bonds. The summed E-state index contributed by atoms with van der Waals surface area (Å²) >= 11 is 3.20. The lowest BCUT2D eigenvalue weighted by atomic mass is 9.99. The minimum Gasteiger partial charge on any atom is -0.341 e. The third-order valence-electron chi connectivity index (χ3n) is 5.04. The Kier molecular flexibility index (Phi) is 4.74. The molecule has 0 bridgehead atoms. The standard InChI is InChI=1S/C20H19N5OS2/c26-18(13-27-20-23-22-17-9-3-4-11-25(17)20)24-10-5-6-14(12-24)19-21-15-7-1-2-8-16(15)28-19/h1-4,7-9,11,14H,5-6,10,12-13H2/t14-/m1/s1. The number of piperidine rings is 1. The zero-order chi connectivity index (χ0) is 18.9. The normalized spacial score (nSPS) is 17.4. The van der Waals surface area contributed by atoms with Crippen LogP contribution in [0.15, 0.2) is 53.8 Å². The number of pyridine rings is 1. The molecule has 142 valence electrons. The molecule has 8 heteroatoms. The zero-order valence-electron chi connectivity index (χ0n) is 15.2.